The summed E-state index contributed by atoms with van der Waals surface area (Å²) in [5.74, 6) is 0.220. The molecular formula is C25H36N4O4. The van der Waals surface area contributed by atoms with Gasteiger partial charge >= 0.3 is 0 Å². The molecule has 0 aromatic carbocycles. The second-order valence-corrected chi connectivity index (χ2v) is 8.97. The molecule has 2 fully saturated rings. The van der Waals surface area contributed by atoms with E-state index in [0.717, 1.165) is 89.9 Å². The summed E-state index contributed by atoms with van der Waals surface area (Å²) in [4.78, 5) is 30.5. The number of ketones is 2. The summed E-state index contributed by atoms with van der Waals surface area (Å²) in [6, 6.07) is 5.71. The van der Waals surface area contributed by atoms with Gasteiger partial charge < -0.3 is 18.6 Å². The number of nitrogens with zero attached hydrogens (tertiary/aromatic N) is 4. The lowest BCUT2D eigenvalue weighted by Crippen LogP contribution is -2.38. The molecule has 0 amide bonds. The Morgan fingerprint density at radius 1 is 0.879 bits per heavy atom. The van der Waals surface area contributed by atoms with Gasteiger partial charge in [-0.25, -0.2) is 0 Å². The van der Waals surface area contributed by atoms with E-state index in [1.165, 1.54) is 0 Å². The third kappa shape index (κ3) is 6.63. The van der Waals surface area contributed by atoms with Crippen molar-refractivity contribution in [3.8, 4) is 0 Å². The van der Waals surface area contributed by atoms with Gasteiger partial charge in [-0.1, -0.05) is 0 Å². The lowest BCUT2D eigenvalue weighted by atomic mass is 10.1. The van der Waals surface area contributed by atoms with Crippen LogP contribution in [0, 0.1) is 0 Å². The minimum atomic E-state index is 0.0823. The topological polar surface area (TPSA) is 68.9 Å². The normalized spacial score (nSPS) is 18.0. The third-order valence-corrected chi connectivity index (χ3v) is 6.57. The fourth-order valence-electron chi connectivity index (χ4n) is 4.63. The number of morpholine rings is 2. The summed E-state index contributed by atoms with van der Waals surface area (Å²) in [7, 11) is 1.88. The molecule has 0 unspecified atom stereocenters. The highest BCUT2D eigenvalue weighted by molar-refractivity contribution is 5.98. The number of hydrogen-bond donors (Lipinski definition) is 0. The lowest BCUT2D eigenvalue weighted by molar-refractivity contribution is 0.0363. The molecule has 2 aliphatic heterocycles. The Bertz CT molecular complexity index is 923. The van der Waals surface area contributed by atoms with Crippen LogP contribution in [0.2, 0.25) is 0 Å². The Labute approximate surface area is 196 Å². The van der Waals surface area contributed by atoms with Gasteiger partial charge in [-0.3, -0.25) is 19.4 Å². The molecule has 8 heteroatoms. The number of aromatic nitrogens is 2. The summed E-state index contributed by atoms with van der Waals surface area (Å²) in [5, 5.41) is 0. The quantitative estimate of drug-likeness (QED) is 0.481. The van der Waals surface area contributed by atoms with Crippen molar-refractivity contribution in [2.45, 2.75) is 25.8 Å². The van der Waals surface area contributed by atoms with Crippen LogP contribution in [0.15, 0.2) is 30.6 Å². The van der Waals surface area contributed by atoms with E-state index in [1.54, 1.807) is 0 Å². The molecule has 33 heavy (non-hydrogen) atoms. The predicted octanol–water partition coefficient (Wildman–Crippen LogP) is 1.88. The first-order valence-electron chi connectivity index (χ1n) is 12.1. The molecule has 0 saturated carbocycles. The Kier molecular flexibility index (Phi) is 8.50. The van der Waals surface area contributed by atoms with E-state index in [-0.39, 0.29) is 11.6 Å². The highest BCUT2D eigenvalue weighted by atomic mass is 16.5. The maximum absolute atomic E-state index is 13.0. The van der Waals surface area contributed by atoms with Gasteiger partial charge in [-0.2, -0.15) is 0 Å². The van der Waals surface area contributed by atoms with E-state index in [1.807, 2.05) is 46.8 Å². The molecule has 2 aromatic rings. The van der Waals surface area contributed by atoms with Crippen LogP contribution in [-0.4, -0.2) is 96.2 Å². The number of aryl methyl sites for hydroxylation is 1. The van der Waals surface area contributed by atoms with E-state index in [9.17, 15) is 9.59 Å². The number of ether oxygens (including phenoxy) is 2. The van der Waals surface area contributed by atoms with Crippen molar-refractivity contribution >= 4 is 11.6 Å². The Morgan fingerprint density at radius 3 is 2.24 bits per heavy atom. The molecule has 0 atom stereocenters. The molecule has 2 aromatic heterocycles. The van der Waals surface area contributed by atoms with Gasteiger partial charge in [0.2, 0.25) is 0 Å². The second-order valence-electron chi connectivity index (χ2n) is 8.97. The molecule has 2 aliphatic rings. The average molecular weight is 457 g/mol. The number of hydrogen-bond acceptors (Lipinski definition) is 6. The van der Waals surface area contributed by atoms with Crippen LogP contribution in [-0.2, 0) is 29.5 Å². The minimum absolute atomic E-state index is 0.0823. The van der Waals surface area contributed by atoms with E-state index >= 15 is 0 Å². The molecule has 4 heterocycles. The molecule has 0 aliphatic carbocycles. The summed E-state index contributed by atoms with van der Waals surface area (Å²) >= 11 is 0. The zero-order valence-electron chi connectivity index (χ0n) is 19.7. The number of carbonyl (C=O) groups is 2. The summed E-state index contributed by atoms with van der Waals surface area (Å²) in [5.41, 5.74) is 2.30. The Morgan fingerprint density at radius 2 is 1.55 bits per heavy atom. The molecule has 0 N–H and O–H groups in total. The fourth-order valence-corrected chi connectivity index (χ4v) is 4.63. The van der Waals surface area contributed by atoms with Gasteiger partial charge in [0.15, 0.2) is 11.6 Å². The molecule has 0 spiro atoms. The molecule has 180 valence electrons. The van der Waals surface area contributed by atoms with Crippen molar-refractivity contribution in [3.05, 3.63) is 47.5 Å². The molecule has 4 rings (SSSR count). The monoisotopic (exact) mass is 456 g/mol. The predicted molar refractivity (Wildman–Crippen MR) is 126 cm³/mol. The van der Waals surface area contributed by atoms with Crippen LogP contribution in [0.25, 0.3) is 0 Å². The summed E-state index contributed by atoms with van der Waals surface area (Å²) < 4.78 is 14.7. The maximum atomic E-state index is 13.0. The largest absolute Gasteiger partial charge is 0.379 e. The first-order valence-corrected chi connectivity index (χ1v) is 12.1. The highest BCUT2D eigenvalue weighted by Crippen LogP contribution is 2.15. The molecule has 2 saturated heterocycles. The number of carbonyl (C=O) groups excluding carboxylic acids is 2. The van der Waals surface area contributed by atoms with Gasteiger partial charge in [0.25, 0.3) is 0 Å². The molecule has 0 radical (unpaired) electrons. The van der Waals surface area contributed by atoms with Gasteiger partial charge in [0.1, 0.15) is 0 Å². The van der Waals surface area contributed by atoms with Crippen molar-refractivity contribution in [1.82, 2.24) is 18.9 Å². The van der Waals surface area contributed by atoms with Crippen molar-refractivity contribution in [1.29, 1.82) is 0 Å². The minimum Gasteiger partial charge on any atom is -0.379 e. The smallest absolute Gasteiger partial charge is 0.183 e. The average Bonchev–Trinajstić information content (AvgIpc) is 3.45. The van der Waals surface area contributed by atoms with E-state index < -0.39 is 0 Å². The van der Waals surface area contributed by atoms with Crippen molar-refractivity contribution in [2.75, 3.05) is 65.7 Å². The molecule has 8 nitrogen and oxygen atoms in total. The van der Waals surface area contributed by atoms with Crippen molar-refractivity contribution in [2.24, 2.45) is 7.05 Å². The zero-order valence-corrected chi connectivity index (χ0v) is 19.7. The van der Waals surface area contributed by atoms with Crippen LogP contribution < -0.4 is 0 Å². The fraction of sp³-hybridized carbons (Fsp3) is 0.600. The second kappa shape index (κ2) is 11.7. The van der Waals surface area contributed by atoms with Crippen LogP contribution in [0.3, 0.4) is 0 Å². The Balaban J connectivity index is 1.28. The van der Waals surface area contributed by atoms with Gasteiger partial charge in [-0.05, 0) is 36.7 Å². The van der Waals surface area contributed by atoms with Crippen LogP contribution >= 0.6 is 0 Å². The SMILES string of the molecule is Cn1cc(CC(=O)c2cccn2CCN2CCOCC2)cc1C(=O)CCCN1CCOCC1. The molecule has 0 bridgehead atoms. The molecular weight excluding hydrogens is 420 g/mol. The van der Waals surface area contributed by atoms with Gasteiger partial charge in [-0.15, -0.1) is 0 Å². The van der Waals surface area contributed by atoms with Crippen molar-refractivity contribution < 1.29 is 19.1 Å². The van der Waals surface area contributed by atoms with Gasteiger partial charge in [0, 0.05) is 71.6 Å². The highest BCUT2D eigenvalue weighted by Gasteiger charge is 2.18. The van der Waals surface area contributed by atoms with E-state index in [0.29, 0.717) is 18.5 Å². The number of Topliss-reactive ketones (excluding diaryl/α,β-unsaturated/α-hetero) is 2. The lowest BCUT2D eigenvalue weighted by Gasteiger charge is -2.26. The standard InChI is InChI=1S/C25H36N4O4/c1-26-20-21(18-23(26)24(30)5-3-6-27-10-14-32-15-11-27)19-25(31)22-4-2-7-29(22)9-8-28-12-16-33-17-13-28/h2,4,7,18,20H,3,5-6,8-17,19H2,1H3. The van der Waals surface area contributed by atoms with E-state index in [2.05, 4.69) is 9.80 Å². The van der Waals surface area contributed by atoms with Crippen LogP contribution in [0.4, 0.5) is 0 Å². The Hall–Kier alpha value is -2.26. The third-order valence-electron chi connectivity index (χ3n) is 6.57. The summed E-state index contributed by atoms with van der Waals surface area (Å²) in [6.07, 6.45) is 5.55. The number of rotatable bonds is 11. The zero-order chi connectivity index (χ0) is 23.0. The van der Waals surface area contributed by atoms with Crippen LogP contribution in [0.5, 0.6) is 0 Å². The van der Waals surface area contributed by atoms with Crippen LogP contribution in [0.1, 0.15) is 39.4 Å². The first kappa shape index (κ1) is 23.9. The maximum Gasteiger partial charge on any atom is 0.183 e. The first-order chi connectivity index (χ1) is 16.1. The summed E-state index contributed by atoms with van der Waals surface area (Å²) in [6.45, 7) is 9.50. The van der Waals surface area contributed by atoms with Gasteiger partial charge in [0.05, 0.1) is 37.8 Å². The van der Waals surface area contributed by atoms with E-state index in [4.69, 9.17) is 9.47 Å². The van der Waals surface area contributed by atoms with Crippen molar-refractivity contribution in [3.63, 3.8) is 0 Å².